The van der Waals surface area contributed by atoms with E-state index in [1.54, 1.807) is 13.3 Å². The molecule has 5 nitrogen and oxygen atoms in total. The minimum atomic E-state index is 0.579. The number of aryl methyl sites for hydroxylation is 1. The van der Waals surface area contributed by atoms with Gasteiger partial charge in [0.15, 0.2) is 0 Å². The first-order valence-corrected chi connectivity index (χ1v) is 8.26. The van der Waals surface area contributed by atoms with Crippen molar-refractivity contribution in [2.24, 2.45) is 0 Å². The van der Waals surface area contributed by atoms with E-state index < -0.39 is 0 Å². The molecule has 1 aromatic heterocycles. The van der Waals surface area contributed by atoms with Crippen LogP contribution in [0.25, 0.3) is 0 Å². The molecule has 0 spiro atoms. The van der Waals surface area contributed by atoms with Crippen molar-refractivity contribution in [3.63, 3.8) is 0 Å². The van der Waals surface area contributed by atoms with Crippen molar-refractivity contribution in [2.45, 2.75) is 13.3 Å². The number of ether oxygens (including phenoxy) is 1. The van der Waals surface area contributed by atoms with Gasteiger partial charge in [-0.05, 0) is 49.2 Å². The number of aromatic nitrogens is 2. The zero-order valence-corrected chi connectivity index (χ0v) is 14.5. The van der Waals surface area contributed by atoms with Crippen molar-refractivity contribution in [3.8, 4) is 5.75 Å². The highest BCUT2D eigenvalue weighted by molar-refractivity contribution is 5.55. The van der Waals surface area contributed by atoms with Gasteiger partial charge in [-0.25, -0.2) is 4.98 Å². The largest absolute Gasteiger partial charge is 0.497 e. The van der Waals surface area contributed by atoms with Gasteiger partial charge in [0.05, 0.1) is 7.11 Å². The smallest absolute Gasteiger partial charge is 0.229 e. The van der Waals surface area contributed by atoms with E-state index in [4.69, 9.17) is 4.74 Å². The van der Waals surface area contributed by atoms with Crippen LogP contribution in [0.2, 0.25) is 0 Å². The predicted octanol–water partition coefficient (Wildman–Crippen LogP) is 4.19. The fourth-order valence-corrected chi connectivity index (χ4v) is 2.45. The second-order valence-electron chi connectivity index (χ2n) is 5.78. The van der Waals surface area contributed by atoms with Gasteiger partial charge in [-0.15, -0.1) is 0 Å². The van der Waals surface area contributed by atoms with Crippen LogP contribution in [0.1, 0.15) is 11.1 Å². The Labute approximate surface area is 148 Å². The van der Waals surface area contributed by atoms with E-state index in [2.05, 4.69) is 45.7 Å². The number of nitrogens with zero attached hydrogens (tertiary/aromatic N) is 2. The summed E-state index contributed by atoms with van der Waals surface area (Å²) in [5, 5.41) is 6.55. The molecular formula is C20H22N4O. The lowest BCUT2D eigenvalue weighted by Crippen LogP contribution is -2.07. The average Bonchev–Trinajstić information content (AvgIpc) is 2.64. The normalized spacial score (nSPS) is 10.3. The lowest BCUT2D eigenvalue weighted by molar-refractivity contribution is 0.414. The quantitative estimate of drug-likeness (QED) is 0.678. The third kappa shape index (κ3) is 4.94. The van der Waals surface area contributed by atoms with Crippen molar-refractivity contribution in [1.29, 1.82) is 0 Å². The van der Waals surface area contributed by atoms with E-state index in [9.17, 15) is 0 Å². The maximum absolute atomic E-state index is 5.25. The molecule has 2 aromatic carbocycles. The molecular weight excluding hydrogens is 312 g/mol. The molecule has 2 N–H and O–H groups in total. The molecule has 0 radical (unpaired) electrons. The first kappa shape index (κ1) is 16.8. The lowest BCUT2D eigenvalue weighted by Gasteiger charge is -2.09. The van der Waals surface area contributed by atoms with Crippen LogP contribution in [0, 0.1) is 6.92 Å². The second kappa shape index (κ2) is 8.15. The molecule has 0 saturated carbocycles. The van der Waals surface area contributed by atoms with Gasteiger partial charge in [0, 0.05) is 18.4 Å². The van der Waals surface area contributed by atoms with E-state index in [1.807, 2.05) is 36.4 Å². The van der Waals surface area contributed by atoms with Crippen LogP contribution >= 0.6 is 0 Å². The molecule has 1 heterocycles. The van der Waals surface area contributed by atoms with Crippen molar-refractivity contribution in [3.05, 3.63) is 71.9 Å². The number of anilines is 3. The highest BCUT2D eigenvalue weighted by Gasteiger charge is 2.01. The molecule has 128 valence electrons. The third-order valence-electron chi connectivity index (χ3n) is 3.82. The minimum Gasteiger partial charge on any atom is -0.497 e. The second-order valence-corrected chi connectivity index (χ2v) is 5.78. The van der Waals surface area contributed by atoms with Crippen LogP contribution in [0.5, 0.6) is 5.75 Å². The standard InChI is InChI=1S/C20H22N4O/c1-15-6-8-17(9-7-15)23-20-22-13-11-19(24-20)21-12-10-16-4-3-5-18(14-16)25-2/h3-9,11,13-14H,10,12H2,1-2H3,(H2,21,22,23,24). The Kier molecular flexibility index (Phi) is 5.46. The van der Waals surface area contributed by atoms with Gasteiger partial charge in [-0.2, -0.15) is 4.98 Å². The summed E-state index contributed by atoms with van der Waals surface area (Å²) in [5.41, 5.74) is 3.41. The van der Waals surface area contributed by atoms with Gasteiger partial charge >= 0.3 is 0 Å². The van der Waals surface area contributed by atoms with E-state index >= 15 is 0 Å². The summed E-state index contributed by atoms with van der Waals surface area (Å²) in [6.07, 6.45) is 2.64. The Bertz CT molecular complexity index is 818. The van der Waals surface area contributed by atoms with Gasteiger partial charge in [0.25, 0.3) is 0 Å². The summed E-state index contributed by atoms with van der Waals surface area (Å²) in [6.45, 7) is 2.85. The van der Waals surface area contributed by atoms with Crippen LogP contribution in [-0.4, -0.2) is 23.6 Å². The van der Waals surface area contributed by atoms with E-state index in [1.165, 1.54) is 11.1 Å². The Balaban J connectivity index is 1.57. The fraction of sp³-hybridized carbons (Fsp3) is 0.200. The number of methoxy groups -OCH3 is 1. The highest BCUT2D eigenvalue weighted by atomic mass is 16.5. The van der Waals surface area contributed by atoms with Gasteiger partial charge in [0.2, 0.25) is 5.95 Å². The lowest BCUT2D eigenvalue weighted by atomic mass is 10.1. The summed E-state index contributed by atoms with van der Waals surface area (Å²) in [7, 11) is 1.68. The topological polar surface area (TPSA) is 59.1 Å². The summed E-state index contributed by atoms with van der Waals surface area (Å²) >= 11 is 0. The molecule has 3 aromatic rings. The molecule has 0 aliphatic carbocycles. The van der Waals surface area contributed by atoms with Gasteiger partial charge < -0.3 is 15.4 Å². The summed E-state index contributed by atoms with van der Waals surface area (Å²) < 4.78 is 5.25. The number of nitrogens with one attached hydrogen (secondary N) is 2. The van der Waals surface area contributed by atoms with Crippen LogP contribution in [-0.2, 0) is 6.42 Å². The molecule has 0 fully saturated rings. The van der Waals surface area contributed by atoms with Crippen LogP contribution < -0.4 is 15.4 Å². The molecule has 0 unspecified atom stereocenters. The SMILES string of the molecule is COc1cccc(CCNc2ccnc(Nc3ccc(C)cc3)n2)c1. The molecule has 3 rings (SSSR count). The molecule has 0 atom stereocenters. The van der Waals surface area contributed by atoms with E-state index in [-0.39, 0.29) is 0 Å². The average molecular weight is 334 g/mol. The molecule has 0 aliphatic rings. The number of hydrogen-bond donors (Lipinski definition) is 2. The van der Waals surface area contributed by atoms with E-state index in [0.717, 1.165) is 30.2 Å². The fourth-order valence-electron chi connectivity index (χ4n) is 2.45. The number of benzene rings is 2. The first-order chi connectivity index (χ1) is 12.2. The zero-order valence-electron chi connectivity index (χ0n) is 14.5. The third-order valence-corrected chi connectivity index (χ3v) is 3.82. The summed E-state index contributed by atoms with van der Waals surface area (Å²) in [4.78, 5) is 8.76. The molecule has 0 saturated heterocycles. The van der Waals surface area contributed by atoms with Crippen molar-refractivity contribution in [1.82, 2.24) is 9.97 Å². The van der Waals surface area contributed by atoms with Crippen molar-refractivity contribution >= 4 is 17.5 Å². The Hall–Kier alpha value is -3.08. The number of hydrogen-bond acceptors (Lipinski definition) is 5. The molecule has 0 bridgehead atoms. The minimum absolute atomic E-state index is 0.579. The van der Waals surface area contributed by atoms with E-state index in [0.29, 0.717) is 5.95 Å². The zero-order chi connectivity index (χ0) is 17.5. The molecule has 0 aliphatic heterocycles. The Morgan fingerprint density at radius 2 is 1.88 bits per heavy atom. The van der Waals surface area contributed by atoms with Crippen molar-refractivity contribution < 1.29 is 4.74 Å². The number of rotatable bonds is 7. The Morgan fingerprint density at radius 3 is 2.68 bits per heavy atom. The highest BCUT2D eigenvalue weighted by Crippen LogP contribution is 2.16. The summed E-state index contributed by atoms with van der Waals surface area (Å²) in [6, 6.07) is 18.1. The van der Waals surface area contributed by atoms with Gasteiger partial charge in [-0.1, -0.05) is 29.8 Å². The molecule has 0 amide bonds. The Morgan fingerprint density at radius 1 is 1.04 bits per heavy atom. The van der Waals surface area contributed by atoms with Crippen LogP contribution in [0.4, 0.5) is 17.5 Å². The molecule has 5 heteroatoms. The first-order valence-electron chi connectivity index (χ1n) is 8.26. The predicted molar refractivity (Wildman–Crippen MR) is 102 cm³/mol. The molecule has 25 heavy (non-hydrogen) atoms. The van der Waals surface area contributed by atoms with Crippen LogP contribution in [0.3, 0.4) is 0 Å². The maximum Gasteiger partial charge on any atom is 0.229 e. The van der Waals surface area contributed by atoms with Crippen LogP contribution in [0.15, 0.2) is 60.8 Å². The monoisotopic (exact) mass is 334 g/mol. The maximum atomic E-state index is 5.25. The summed E-state index contributed by atoms with van der Waals surface area (Å²) in [5.74, 6) is 2.26. The van der Waals surface area contributed by atoms with Crippen molar-refractivity contribution in [2.75, 3.05) is 24.3 Å². The van der Waals surface area contributed by atoms with Gasteiger partial charge in [0.1, 0.15) is 11.6 Å². The van der Waals surface area contributed by atoms with Gasteiger partial charge in [-0.3, -0.25) is 0 Å².